The van der Waals surface area contributed by atoms with Crippen molar-refractivity contribution in [3.8, 4) is 0 Å². The van der Waals surface area contributed by atoms with Crippen molar-refractivity contribution in [1.29, 1.82) is 0 Å². The molecule has 0 spiro atoms. The third kappa shape index (κ3) is 10.0. The van der Waals surface area contributed by atoms with Crippen LogP contribution in [0.5, 0.6) is 0 Å². The average Bonchev–Trinajstić information content (AvgIpc) is 1.79. The van der Waals surface area contributed by atoms with Gasteiger partial charge < -0.3 is 0 Å². The molecule has 10 heavy (non-hydrogen) atoms. The van der Waals surface area contributed by atoms with Crippen LogP contribution in [0.4, 0.5) is 0 Å². The molecule has 0 unspecified atom stereocenters. The van der Waals surface area contributed by atoms with Gasteiger partial charge in [0.05, 0.1) is 13.3 Å². The third-order valence-corrected chi connectivity index (χ3v) is 4.24. The van der Waals surface area contributed by atoms with Crippen molar-refractivity contribution in [3.63, 3.8) is 0 Å². The van der Waals surface area contributed by atoms with Crippen molar-refractivity contribution in [3.05, 3.63) is 0 Å². The van der Waals surface area contributed by atoms with Gasteiger partial charge in [0.25, 0.3) is 0 Å². The van der Waals surface area contributed by atoms with Crippen molar-refractivity contribution in [2.75, 3.05) is 12.3 Å². The van der Waals surface area contributed by atoms with E-state index in [-0.39, 0.29) is 0 Å². The van der Waals surface area contributed by atoms with E-state index in [4.69, 9.17) is 45.0 Å². The van der Waals surface area contributed by atoms with Crippen LogP contribution < -0.4 is 0 Å². The highest BCUT2D eigenvalue weighted by atomic mass is 35.9. The summed E-state index contributed by atoms with van der Waals surface area (Å²) in [5, 5.41) is 0. The SMILES string of the molecule is ClP(Cl)CCCCP(Cl)Cl. The molecule has 0 rings (SSSR count). The number of hydrogen-bond acceptors (Lipinski definition) is 0. The Labute approximate surface area is 83.2 Å². The van der Waals surface area contributed by atoms with E-state index in [1.165, 1.54) is 0 Å². The van der Waals surface area contributed by atoms with E-state index in [9.17, 15) is 0 Å². The number of halogens is 4. The molecule has 0 bridgehead atoms. The second-order valence-corrected chi connectivity index (χ2v) is 9.80. The highest BCUT2D eigenvalue weighted by Crippen LogP contribution is 2.49. The standard InChI is InChI=1S/C4H8Cl4P2/c5-9(6)3-1-2-4-10(7)8/h1-4H2. The van der Waals surface area contributed by atoms with E-state index in [1.54, 1.807) is 0 Å². The van der Waals surface area contributed by atoms with Crippen LogP contribution >= 0.6 is 58.2 Å². The molecule has 0 aliphatic carbocycles. The van der Waals surface area contributed by atoms with Crippen molar-refractivity contribution < 1.29 is 0 Å². The number of hydrogen-bond donors (Lipinski definition) is 0. The summed E-state index contributed by atoms with van der Waals surface area (Å²) in [4.78, 5) is 0. The first-order chi connectivity index (χ1) is 4.63. The van der Waals surface area contributed by atoms with E-state index in [0.29, 0.717) is 0 Å². The van der Waals surface area contributed by atoms with Gasteiger partial charge in [-0.25, -0.2) is 0 Å². The van der Waals surface area contributed by atoms with Gasteiger partial charge in [-0.1, -0.05) is 45.0 Å². The predicted octanol–water partition coefficient (Wildman–Crippen LogP) is 5.35. The van der Waals surface area contributed by atoms with Gasteiger partial charge in [-0.05, 0) is 25.2 Å². The summed E-state index contributed by atoms with van der Waals surface area (Å²) < 4.78 is 0. The molecule has 0 amide bonds. The summed E-state index contributed by atoms with van der Waals surface area (Å²) in [6, 6.07) is 0. The van der Waals surface area contributed by atoms with Gasteiger partial charge in [0.2, 0.25) is 0 Å². The zero-order chi connectivity index (χ0) is 7.98. The van der Waals surface area contributed by atoms with Gasteiger partial charge in [-0.15, -0.1) is 0 Å². The Balaban J connectivity index is 2.91. The lowest BCUT2D eigenvalue weighted by Crippen LogP contribution is -1.80. The summed E-state index contributed by atoms with van der Waals surface area (Å²) in [5.41, 5.74) is 0. The topological polar surface area (TPSA) is 0 Å². The van der Waals surface area contributed by atoms with Crippen molar-refractivity contribution >= 4 is 58.2 Å². The average molecular weight is 260 g/mol. The minimum absolute atomic E-state index is 0.766. The first kappa shape index (κ1) is 12.0. The maximum Gasteiger partial charge on any atom is 0.0854 e. The Morgan fingerprint density at radius 2 is 1.00 bits per heavy atom. The fourth-order valence-corrected chi connectivity index (χ4v) is 2.82. The van der Waals surface area contributed by atoms with Crippen LogP contribution in [0, 0.1) is 0 Å². The molecule has 0 fully saturated rings. The van der Waals surface area contributed by atoms with Gasteiger partial charge in [0, 0.05) is 0 Å². The molecular formula is C4H8Cl4P2. The third-order valence-electron chi connectivity index (χ3n) is 0.904. The fourth-order valence-electron chi connectivity index (χ4n) is 0.463. The molecule has 0 saturated heterocycles. The minimum Gasteiger partial charge on any atom is -0.0781 e. The molecule has 0 atom stereocenters. The Morgan fingerprint density at radius 3 is 1.20 bits per heavy atom. The molecule has 6 heteroatoms. The molecule has 0 heterocycles. The Bertz CT molecular complexity index is 67.7. The summed E-state index contributed by atoms with van der Waals surface area (Å²) >= 11 is 22.3. The maximum absolute atomic E-state index is 5.56. The second-order valence-electron chi connectivity index (χ2n) is 1.76. The van der Waals surface area contributed by atoms with Crippen molar-refractivity contribution in [2.45, 2.75) is 12.8 Å². The minimum atomic E-state index is -0.766. The first-order valence-corrected chi connectivity index (χ1v) is 9.48. The lowest BCUT2D eigenvalue weighted by Gasteiger charge is -2.00. The number of rotatable bonds is 5. The Hall–Kier alpha value is 2.02. The highest BCUT2D eigenvalue weighted by molar-refractivity contribution is 8.04. The van der Waals surface area contributed by atoms with Gasteiger partial charge in [0.1, 0.15) is 0 Å². The lowest BCUT2D eigenvalue weighted by atomic mass is 10.4. The molecule has 0 N–H and O–H groups in total. The van der Waals surface area contributed by atoms with Gasteiger partial charge >= 0.3 is 0 Å². The van der Waals surface area contributed by atoms with E-state index >= 15 is 0 Å². The van der Waals surface area contributed by atoms with Crippen LogP contribution in [-0.2, 0) is 0 Å². The van der Waals surface area contributed by atoms with E-state index in [2.05, 4.69) is 0 Å². The van der Waals surface area contributed by atoms with Gasteiger partial charge in [-0.3, -0.25) is 0 Å². The van der Waals surface area contributed by atoms with Crippen molar-refractivity contribution in [2.24, 2.45) is 0 Å². The van der Waals surface area contributed by atoms with Crippen LogP contribution in [0.1, 0.15) is 12.8 Å². The molecule has 0 nitrogen and oxygen atoms in total. The highest BCUT2D eigenvalue weighted by Gasteiger charge is 2.01. The van der Waals surface area contributed by atoms with Crippen LogP contribution in [-0.4, -0.2) is 12.3 Å². The molecule has 0 aromatic carbocycles. The molecule has 0 saturated carbocycles. The summed E-state index contributed by atoms with van der Waals surface area (Å²) in [7, 11) is 0. The van der Waals surface area contributed by atoms with E-state index in [0.717, 1.165) is 25.2 Å². The maximum atomic E-state index is 5.56. The molecule has 0 aliphatic rings. The number of unbranched alkanes of at least 4 members (excludes halogenated alkanes) is 1. The van der Waals surface area contributed by atoms with Crippen LogP contribution in [0.2, 0.25) is 0 Å². The molecular weight excluding hydrogens is 252 g/mol. The predicted molar refractivity (Wildman–Crippen MR) is 56.2 cm³/mol. The van der Waals surface area contributed by atoms with Gasteiger partial charge in [0.15, 0.2) is 0 Å². The lowest BCUT2D eigenvalue weighted by molar-refractivity contribution is 0.905. The zero-order valence-electron chi connectivity index (χ0n) is 5.23. The molecule has 0 radical (unpaired) electrons. The monoisotopic (exact) mass is 258 g/mol. The molecule has 0 aromatic rings. The Morgan fingerprint density at radius 1 is 0.700 bits per heavy atom. The zero-order valence-corrected chi connectivity index (χ0v) is 10.0. The van der Waals surface area contributed by atoms with Crippen molar-refractivity contribution in [1.82, 2.24) is 0 Å². The van der Waals surface area contributed by atoms with Crippen LogP contribution in [0.15, 0.2) is 0 Å². The first-order valence-electron chi connectivity index (χ1n) is 2.81. The second kappa shape index (κ2) is 7.66. The fraction of sp³-hybridized carbons (Fsp3) is 1.00. The van der Waals surface area contributed by atoms with Gasteiger partial charge in [-0.2, -0.15) is 0 Å². The summed E-state index contributed by atoms with van der Waals surface area (Å²) in [6.45, 7) is -1.53. The quantitative estimate of drug-likeness (QED) is 0.461. The van der Waals surface area contributed by atoms with E-state index < -0.39 is 13.3 Å². The summed E-state index contributed by atoms with van der Waals surface area (Å²) in [6.07, 6.45) is 3.87. The normalized spacial score (nSPS) is 11.4. The summed E-state index contributed by atoms with van der Waals surface area (Å²) in [5.74, 6) is 0. The Kier molecular flexibility index (Phi) is 9.20. The van der Waals surface area contributed by atoms with E-state index in [1.807, 2.05) is 0 Å². The smallest absolute Gasteiger partial charge is 0.0781 e. The van der Waals surface area contributed by atoms with Crippen LogP contribution in [0.3, 0.4) is 0 Å². The molecule has 62 valence electrons. The molecule has 0 aromatic heterocycles. The molecule has 0 aliphatic heterocycles. The van der Waals surface area contributed by atoms with Crippen LogP contribution in [0.25, 0.3) is 0 Å². The largest absolute Gasteiger partial charge is 0.0854 e.